The molecule has 0 saturated carbocycles. The molecule has 5 heterocycles. The number of hydrogen-bond acceptors (Lipinski definition) is 22. The highest BCUT2D eigenvalue weighted by molar-refractivity contribution is 7.90. The number of nitrogens with one attached hydrogen (secondary N) is 9. The van der Waals surface area contributed by atoms with E-state index in [4.69, 9.17) is 0 Å². The second-order valence-electron chi connectivity index (χ2n) is 33.5. The second kappa shape index (κ2) is 37.1. The first-order valence-electron chi connectivity index (χ1n) is 41.9. The highest BCUT2D eigenvalue weighted by Crippen LogP contribution is 2.43. The summed E-state index contributed by atoms with van der Waals surface area (Å²) >= 11 is 0. The van der Waals surface area contributed by atoms with Crippen molar-refractivity contribution in [3.8, 4) is 0 Å². The second-order valence-corrected chi connectivity index (χ2v) is 40.0. The van der Waals surface area contributed by atoms with Gasteiger partial charge in [-0.1, -0.05) is 24.3 Å². The van der Waals surface area contributed by atoms with E-state index in [0.717, 1.165) is 251 Å². The average Bonchev–Trinajstić information content (AvgIpc) is 1.55. The zero-order valence-corrected chi connectivity index (χ0v) is 74.0. The molecule has 1 aliphatic heterocycles. The third-order valence-corrected chi connectivity index (χ3v) is 28.7. The zero-order valence-electron chi connectivity index (χ0n) is 70.7. The van der Waals surface area contributed by atoms with Gasteiger partial charge in [0.25, 0.3) is 46.0 Å². The molecule has 8 aliphatic carbocycles. The van der Waals surface area contributed by atoms with Crippen LogP contribution in [-0.2, 0) is 176 Å². The minimum atomic E-state index is -4.35. The van der Waals surface area contributed by atoms with Crippen molar-refractivity contribution in [3.63, 3.8) is 0 Å². The topological polar surface area (TPSA) is 452 Å². The van der Waals surface area contributed by atoms with Crippen LogP contribution in [0.2, 0.25) is 0 Å². The van der Waals surface area contributed by atoms with Gasteiger partial charge in [0.2, 0.25) is 0 Å². The fourth-order valence-electron chi connectivity index (χ4n) is 18.0. The van der Waals surface area contributed by atoms with Crippen molar-refractivity contribution in [2.24, 2.45) is 0 Å². The predicted octanol–water partition coefficient (Wildman–Crippen LogP) is 6.67. The lowest BCUT2D eigenvalue weighted by Crippen LogP contribution is -2.37. The van der Waals surface area contributed by atoms with E-state index in [9.17, 15) is 67.5 Å². The van der Waals surface area contributed by atoms with Crippen molar-refractivity contribution in [3.05, 3.63) is 161 Å². The van der Waals surface area contributed by atoms with E-state index in [-0.39, 0.29) is 38.9 Å². The number of urea groups is 4. The maximum Gasteiger partial charge on any atom is 0.354 e. The van der Waals surface area contributed by atoms with Crippen molar-refractivity contribution >= 4 is 98.8 Å². The molecule has 9 amide bonds. The maximum absolute atomic E-state index is 13.0. The van der Waals surface area contributed by atoms with Crippen molar-refractivity contribution in [1.29, 1.82) is 0 Å². The van der Waals surface area contributed by atoms with Crippen LogP contribution in [0.1, 0.15) is 167 Å². The van der Waals surface area contributed by atoms with Crippen LogP contribution < -0.4 is 45.5 Å². The van der Waals surface area contributed by atoms with E-state index in [2.05, 4.69) is 85.4 Å². The Morgan fingerprint density at radius 2 is 0.748 bits per heavy atom. The van der Waals surface area contributed by atoms with Gasteiger partial charge >= 0.3 is 30.1 Å². The van der Waals surface area contributed by atoms with Crippen LogP contribution in [0.25, 0.3) is 0 Å². The summed E-state index contributed by atoms with van der Waals surface area (Å²) in [6, 6.07) is 11.0. The predicted molar refractivity (Wildman–Crippen MR) is 461 cm³/mol. The monoisotopic (exact) mass is 1770 g/mol. The summed E-state index contributed by atoms with van der Waals surface area (Å²) in [6.07, 6.45) is 25.0. The maximum atomic E-state index is 13.0. The molecular formula is C83H109N21O15S4. The van der Waals surface area contributed by atoms with Gasteiger partial charge in [-0.3, -0.25) is 23.5 Å². The summed E-state index contributed by atoms with van der Waals surface area (Å²) in [5, 5.41) is 38.6. The molecule has 0 radical (unpaired) electrons. The van der Waals surface area contributed by atoms with Crippen molar-refractivity contribution in [1.82, 2.24) is 82.9 Å². The Hall–Kier alpha value is -10.6. The first-order valence-corrected chi connectivity index (χ1v) is 47.9. The van der Waals surface area contributed by atoms with Gasteiger partial charge in [0.15, 0.2) is 20.1 Å². The molecular weight excluding hydrogens is 1660 g/mol. The van der Waals surface area contributed by atoms with Gasteiger partial charge in [-0.05, 0) is 299 Å². The molecule has 0 unspecified atom stereocenters. The number of anilines is 4. The molecule has 0 bridgehead atoms. The standard InChI is InChI=1S/C23H34N6O3S.C20H25N5O5S.C20H23N5O4S.C20H27N5O3S/c1-27(2)11-12-29-18(15-28(3)4)14-21(25-29)33(31,32)26-23(30)24-22-19-9-5-7-16(19)13-17-8-6-10-20(17)22;1-21-8-9-25-16(19(26)27)11-17(23-25)31(29,30)24-20(28)22-18-14-6-2-4-12(14)10-13-5-3-7-15(13)18;1-24-8-9-25-16(19(24)26)11-17(22-25)30(28,29)23-20(27)21-18-14-6-2-4-12(14)10-13-5-3-7-15(13)18;1-24(2)11-12-25-10-9-18(22-25)29(27,28)23-20(26)21-19-16-7-3-5-14(16)13-15-6-4-8-17(15)19/h13-14H,5-12,15H2,1-4H3,(H2,24,26,30);10-11,21H,2-9H2,1H3,(H,26,27)(H2,22,24,28);10-11H,2-9H2,1H3,(H2,21,23,27);9-10,13H,3-8,11-12H2,1-2H3,(H2,21,23,26). The normalized spacial score (nSPS) is 15.7. The number of likely N-dealkylation sites (N-methyl/N-ethyl adjacent to an activating group) is 4. The molecule has 9 aliphatic rings. The SMILES string of the molecule is CN(C)CCn1ccc(S(=O)(=O)NC(=O)Nc2c3c(cc4c2CCC4)CCC3)n1.CN(C)CCn1nc(S(=O)(=O)NC(=O)Nc2c3c(cc4c2CCC4)CCC3)cc1CN(C)C.CN1CCn2nc(S(=O)(=O)NC(=O)Nc3c4c(cc5c3CCC5)CCC4)cc2C1=O.CNCCn1nc(S(=O)(=O)NC(=O)Nc2c3c(cc4c2CCC4)CCC3)cc1C(=O)O. The van der Waals surface area contributed by atoms with Crippen LogP contribution >= 0.6 is 0 Å². The number of carboxylic acid groups (broad SMARTS) is 1. The smallest absolute Gasteiger partial charge is 0.354 e. The van der Waals surface area contributed by atoms with Gasteiger partial charge in [0.05, 0.1) is 31.9 Å². The van der Waals surface area contributed by atoms with Gasteiger partial charge in [0.1, 0.15) is 11.4 Å². The summed E-state index contributed by atoms with van der Waals surface area (Å²) in [5.41, 5.74) is 22.9. The summed E-state index contributed by atoms with van der Waals surface area (Å²) in [4.78, 5) is 81.8. The van der Waals surface area contributed by atoms with Gasteiger partial charge in [-0.15, -0.1) is 0 Å². The number of sulfonamides is 4. The van der Waals surface area contributed by atoms with Gasteiger partial charge in [0, 0.05) is 86.9 Å². The Labute approximate surface area is 716 Å². The Morgan fingerprint density at radius 1 is 0.407 bits per heavy atom. The fourth-order valence-corrected chi connectivity index (χ4v) is 21.5. The van der Waals surface area contributed by atoms with Crippen molar-refractivity contribution < 1.29 is 67.5 Å². The molecule has 123 heavy (non-hydrogen) atoms. The molecule has 0 spiro atoms. The van der Waals surface area contributed by atoms with Gasteiger partial charge in [-0.25, -0.2) is 42.9 Å². The number of aromatic carboxylic acids is 1. The molecule has 40 heteroatoms. The first-order chi connectivity index (χ1) is 58.6. The van der Waals surface area contributed by atoms with Crippen LogP contribution in [0.3, 0.4) is 0 Å². The molecule has 660 valence electrons. The van der Waals surface area contributed by atoms with E-state index in [1.54, 1.807) is 35.7 Å². The minimum absolute atomic E-state index is 0.142. The summed E-state index contributed by atoms with van der Waals surface area (Å²) in [6.45, 7) is 4.55. The lowest BCUT2D eigenvalue weighted by molar-refractivity contribution is 0.0681. The number of carbonyl (C=O) groups is 6. The van der Waals surface area contributed by atoms with Crippen LogP contribution in [0.15, 0.2) is 74.8 Å². The third kappa shape index (κ3) is 20.1. The molecule has 0 atom stereocenters. The average molecular weight is 1770 g/mol. The number of carboxylic acids is 1. The highest BCUT2D eigenvalue weighted by Gasteiger charge is 2.36. The molecule has 0 fully saturated rings. The molecule has 4 aromatic carbocycles. The number of aryl methyl sites for hydroxylation is 8. The van der Waals surface area contributed by atoms with Gasteiger partial charge in [-0.2, -0.15) is 54.1 Å². The number of hydrogen-bond donors (Lipinski definition) is 10. The zero-order chi connectivity index (χ0) is 87.6. The number of amides is 9. The summed E-state index contributed by atoms with van der Waals surface area (Å²) in [7, 11) is -1.75. The largest absolute Gasteiger partial charge is 0.477 e. The number of aromatic nitrogens is 8. The Morgan fingerprint density at radius 3 is 1.10 bits per heavy atom. The van der Waals surface area contributed by atoms with E-state index >= 15 is 0 Å². The Kier molecular flexibility index (Phi) is 26.7. The van der Waals surface area contributed by atoms with Crippen LogP contribution in [-0.4, -0.2) is 216 Å². The number of fused-ring (bicyclic) bond motifs is 9. The summed E-state index contributed by atoms with van der Waals surface area (Å²) < 4.78 is 116. The molecule has 4 aromatic heterocycles. The summed E-state index contributed by atoms with van der Waals surface area (Å²) in [5.74, 6) is -1.60. The first kappa shape index (κ1) is 88.7. The van der Waals surface area contributed by atoms with E-state index in [1.807, 2.05) is 61.7 Å². The van der Waals surface area contributed by atoms with Crippen LogP contribution in [0, 0.1) is 0 Å². The third-order valence-electron chi connectivity index (χ3n) is 23.8. The Bertz CT molecular complexity index is 5840. The van der Waals surface area contributed by atoms with E-state index < -0.39 is 75.2 Å². The lowest BCUT2D eigenvalue weighted by Gasteiger charge is -2.22. The fraction of sp³-hybridized carbons (Fsp3) is 0.494. The van der Waals surface area contributed by atoms with Crippen LogP contribution in [0.5, 0.6) is 0 Å². The lowest BCUT2D eigenvalue weighted by atomic mass is 9.99. The quantitative estimate of drug-likeness (QED) is 0.0302. The number of nitrogens with zero attached hydrogens (tertiary/aromatic N) is 12. The van der Waals surface area contributed by atoms with Crippen molar-refractivity contribution in [2.75, 3.05) is 104 Å². The van der Waals surface area contributed by atoms with E-state index in [1.165, 1.54) is 66.2 Å². The minimum Gasteiger partial charge on any atom is -0.477 e. The Balaban J connectivity index is 0.000000134. The molecule has 36 nitrogen and oxygen atoms in total. The molecule has 8 aromatic rings. The number of carbonyl (C=O) groups excluding carboxylic acids is 5. The van der Waals surface area contributed by atoms with E-state index in [0.29, 0.717) is 39.3 Å². The molecule has 10 N–H and O–H groups in total. The molecule has 17 rings (SSSR count). The van der Waals surface area contributed by atoms with Gasteiger partial charge < -0.3 is 51.3 Å². The molecule has 0 saturated heterocycles. The number of rotatable bonds is 24. The van der Waals surface area contributed by atoms with Crippen LogP contribution in [0.4, 0.5) is 41.9 Å². The number of benzene rings is 4. The van der Waals surface area contributed by atoms with Crippen molar-refractivity contribution in [2.45, 2.75) is 207 Å². The highest BCUT2D eigenvalue weighted by atomic mass is 32.2.